The van der Waals surface area contributed by atoms with Crippen molar-refractivity contribution in [2.24, 2.45) is 5.73 Å². The Morgan fingerprint density at radius 2 is 1.67 bits per heavy atom. The van der Waals surface area contributed by atoms with Gasteiger partial charge in [0, 0.05) is 11.3 Å². The molecule has 0 spiro atoms. The van der Waals surface area contributed by atoms with Crippen molar-refractivity contribution >= 4 is 5.71 Å². The molecule has 0 bridgehead atoms. The van der Waals surface area contributed by atoms with Crippen LogP contribution in [-0.2, 0) is 0 Å². The van der Waals surface area contributed by atoms with E-state index >= 15 is 0 Å². The van der Waals surface area contributed by atoms with Crippen LogP contribution < -0.4 is 5.73 Å². The van der Waals surface area contributed by atoms with Gasteiger partial charge < -0.3 is 11.1 Å². The van der Waals surface area contributed by atoms with E-state index < -0.39 is 0 Å². The van der Waals surface area contributed by atoms with Crippen LogP contribution in [0.1, 0.15) is 53.9 Å². The highest BCUT2D eigenvalue weighted by Crippen LogP contribution is 1.93. The van der Waals surface area contributed by atoms with Crippen molar-refractivity contribution in [2.75, 3.05) is 0 Å². The lowest BCUT2D eigenvalue weighted by Gasteiger charge is -2.06. The van der Waals surface area contributed by atoms with Crippen LogP contribution in [0, 0.1) is 5.41 Å². The lowest BCUT2D eigenvalue weighted by atomic mass is 10.1. The minimum atomic E-state index is 0. The van der Waals surface area contributed by atoms with Crippen molar-refractivity contribution in [3.8, 4) is 0 Å². The molecule has 0 fully saturated rings. The molecule has 0 aliphatic rings. The summed E-state index contributed by atoms with van der Waals surface area (Å²) in [7, 11) is 0. The molecule has 12 heavy (non-hydrogen) atoms. The smallest absolute Gasteiger partial charge is 0.00686 e. The second kappa shape index (κ2) is 7.29. The minimum absolute atomic E-state index is 0. The first-order chi connectivity index (χ1) is 5.27. The van der Waals surface area contributed by atoms with Crippen molar-refractivity contribution < 1.29 is 0 Å². The maximum Gasteiger partial charge on any atom is 0.00686 e. The minimum Gasteiger partial charge on any atom is -0.326 e. The summed E-state index contributed by atoms with van der Waals surface area (Å²) in [6.45, 7) is 9.89. The van der Waals surface area contributed by atoms with Gasteiger partial charge in [0.1, 0.15) is 0 Å². The molecule has 0 saturated heterocycles. The van der Waals surface area contributed by atoms with E-state index in [1.165, 1.54) is 12.8 Å². The molecule has 0 unspecified atom stereocenters. The van der Waals surface area contributed by atoms with Gasteiger partial charge in [0.25, 0.3) is 0 Å². The van der Waals surface area contributed by atoms with Gasteiger partial charge in [0.15, 0.2) is 0 Å². The standard InChI is InChI=1S/C6H13N.C4H11N/c1-3-4-5-6(2)7;1-4(2,3)5/h7H,3-5H2,1-2H3;5H2,1-3H3. The van der Waals surface area contributed by atoms with Crippen molar-refractivity contribution in [1.29, 1.82) is 5.41 Å². The number of hydrogen-bond donors (Lipinski definition) is 2. The molecule has 0 aliphatic carbocycles. The molecular formula is C10H24N2. The molecule has 0 aromatic heterocycles. The van der Waals surface area contributed by atoms with Crippen LogP contribution in [0.3, 0.4) is 0 Å². The Kier molecular flexibility index (Phi) is 8.61. The lowest BCUT2D eigenvalue weighted by Crippen LogP contribution is -2.26. The average Bonchev–Trinajstić information content (AvgIpc) is 1.79. The van der Waals surface area contributed by atoms with Crippen LogP contribution in [0.2, 0.25) is 0 Å². The zero-order chi connectivity index (χ0) is 10.2. The molecule has 0 atom stereocenters. The van der Waals surface area contributed by atoms with Crippen molar-refractivity contribution in [1.82, 2.24) is 0 Å². The van der Waals surface area contributed by atoms with Gasteiger partial charge in [-0.3, -0.25) is 0 Å². The number of unbranched alkanes of at least 4 members (excludes halogenated alkanes) is 1. The second-order valence-electron chi connectivity index (χ2n) is 4.25. The Morgan fingerprint density at radius 3 is 1.75 bits per heavy atom. The summed E-state index contributed by atoms with van der Waals surface area (Å²) in [4.78, 5) is 0. The van der Waals surface area contributed by atoms with Crippen LogP contribution in [-0.4, -0.2) is 11.3 Å². The first-order valence-electron chi connectivity index (χ1n) is 4.60. The predicted octanol–water partition coefficient (Wildman–Crippen LogP) is 2.96. The van der Waals surface area contributed by atoms with Crippen LogP contribution >= 0.6 is 0 Å². The normalized spacial score (nSPS) is 10.2. The topological polar surface area (TPSA) is 49.9 Å². The van der Waals surface area contributed by atoms with E-state index in [1.807, 2.05) is 27.7 Å². The third kappa shape index (κ3) is 54.4. The fourth-order valence-electron chi connectivity index (χ4n) is 0.442. The summed E-state index contributed by atoms with van der Waals surface area (Å²) in [5, 5.41) is 7.00. The highest BCUT2D eigenvalue weighted by Gasteiger charge is 1.95. The van der Waals surface area contributed by atoms with Gasteiger partial charge in [0.2, 0.25) is 0 Å². The molecule has 3 N–H and O–H groups in total. The van der Waals surface area contributed by atoms with E-state index in [2.05, 4.69) is 6.92 Å². The Bertz CT molecular complexity index is 105. The Morgan fingerprint density at radius 1 is 1.33 bits per heavy atom. The van der Waals surface area contributed by atoms with Gasteiger partial charge in [-0.15, -0.1) is 0 Å². The number of hydrogen-bond acceptors (Lipinski definition) is 2. The summed E-state index contributed by atoms with van der Waals surface area (Å²) in [5.41, 5.74) is 6.16. The molecule has 0 aromatic rings. The quantitative estimate of drug-likeness (QED) is 0.632. The molecular weight excluding hydrogens is 148 g/mol. The van der Waals surface area contributed by atoms with Gasteiger partial charge in [-0.25, -0.2) is 0 Å². The maximum atomic E-state index is 7.00. The Balaban J connectivity index is 0. The molecule has 2 heteroatoms. The van der Waals surface area contributed by atoms with Gasteiger partial charge in [-0.2, -0.15) is 0 Å². The van der Waals surface area contributed by atoms with E-state index in [-0.39, 0.29) is 5.54 Å². The third-order valence-electron chi connectivity index (χ3n) is 0.905. The highest BCUT2D eigenvalue weighted by atomic mass is 14.7. The number of nitrogens with one attached hydrogen (secondary N) is 1. The number of rotatable bonds is 3. The Hall–Kier alpha value is -0.370. The average molecular weight is 172 g/mol. The summed E-state index contributed by atoms with van der Waals surface area (Å²) in [6, 6.07) is 0. The molecule has 0 aromatic carbocycles. The van der Waals surface area contributed by atoms with E-state index in [0.29, 0.717) is 0 Å². The summed E-state index contributed by atoms with van der Waals surface area (Å²) in [5.74, 6) is 0. The third-order valence-corrected chi connectivity index (χ3v) is 0.905. The Labute approximate surface area is 77.1 Å². The van der Waals surface area contributed by atoms with Gasteiger partial charge in [0.05, 0.1) is 0 Å². The van der Waals surface area contributed by atoms with Crippen molar-refractivity contribution in [3.05, 3.63) is 0 Å². The predicted molar refractivity (Wildman–Crippen MR) is 56.9 cm³/mol. The molecule has 0 aliphatic heterocycles. The van der Waals surface area contributed by atoms with Crippen LogP contribution in [0.25, 0.3) is 0 Å². The summed E-state index contributed by atoms with van der Waals surface area (Å²) in [6.07, 6.45) is 3.36. The van der Waals surface area contributed by atoms with Crippen molar-refractivity contribution in [3.63, 3.8) is 0 Å². The summed E-state index contributed by atoms with van der Waals surface area (Å²) >= 11 is 0. The zero-order valence-corrected chi connectivity index (χ0v) is 9.20. The molecule has 0 radical (unpaired) electrons. The van der Waals surface area contributed by atoms with E-state index in [0.717, 1.165) is 12.1 Å². The van der Waals surface area contributed by atoms with Gasteiger partial charge in [-0.1, -0.05) is 13.3 Å². The zero-order valence-electron chi connectivity index (χ0n) is 9.20. The lowest BCUT2D eigenvalue weighted by molar-refractivity contribution is 0.580. The van der Waals surface area contributed by atoms with Gasteiger partial charge in [-0.05, 0) is 40.5 Å². The van der Waals surface area contributed by atoms with Gasteiger partial charge >= 0.3 is 0 Å². The molecule has 74 valence electrons. The largest absolute Gasteiger partial charge is 0.326 e. The van der Waals surface area contributed by atoms with Crippen molar-refractivity contribution in [2.45, 2.75) is 59.4 Å². The molecule has 0 rings (SSSR count). The number of nitrogens with two attached hydrogens (primary N) is 1. The SMILES string of the molecule is CC(C)(C)N.CCCCC(C)=N. The first kappa shape index (κ1) is 14.2. The van der Waals surface area contributed by atoms with Crippen LogP contribution in [0.5, 0.6) is 0 Å². The van der Waals surface area contributed by atoms with E-state index in [4.69, 9.17) is 11.1 Å². The molecule has 0 heterocycles. The molecule has 0 amide bonds. The fraction of sp³-hybridized carbons (Fsp3) is 0.900. The second-order valence-corrected chi connectivity index (χ2v) is 4.25. The van der Waals surface area contributed by atoms with E-state index in [9.17, 15) is 0 Å². The molecule has 2 nitrogen and oxygen atoms in total. The summed E-state index contributed by atoms with van der Waals surface area (Å²) < 4.78 is 0. The van der Waals surface area contributed by atoms with Crippen LogP contribution in [0.15, 0.2) is 0 Å². The maximum absolute atomic E-state index is 7.00. The fourth-order valence-corrected chi connectivity index (χ4v) is 0.442. The van der Waals surface area contributed by atoms with E-state index in [1.54, 1.807) is 0 Å². The van der Waals surface area contributed by atoms with Crippen LogP contribution in [0.4, 0.5) is 0 Å². The monoisotopic (exact) mass is 172 g/mol. The first-order valence-corrected chi connectivity index (χ1v) is 4.60. The molecule has 0 saturated carbocycles. The highest BCUT2D eigenvalue weighted by molar-refractivity contribution is 5.78.